The number of hydrogen-bond donors (Lipinski definition) is 0. The largest absolute Gasteiger partial charge is 0.338 e. The van der Waals surface area contributed by atoms with Crippen LogP contribution in [-0.4, -0.2) is 38.4 Å². The van der Waals surface area contributed by atoms with Crippen molar-refractivity contribution in [2.75, 3.05) is 13.1 Å². The molecule has 1 unspecified atom stereocenters. The van der Waals surface area contributed by atoms with Gasteiger partial charge in [0.25, 0.3) is 5.91 Å². The molecule has 140 valence electrons. The van der Waals surface area contributed by atoms with E-state index in [-0.39, 0.29) is 11.8 Å². The number of carbonyl (C=O) groups excluding carboxylic acids is 1. The molecule has 3 aromatic rings. The summed E-state index contributed by atoms with van der Waals surface area (Å²) in [6.07, 6.45) is 7.48. The molecule has 0 saturated carbocycles. The van der Waals surface area contributed by atoms with Crippen LogP contribution in [0.4, 0.5) is 0 Å². The lowest BCUT2D eigenvalue weighted by Gasteiger charge is -2.33. The Balaban J connectivity index is 1.53. The maximum Gasteiger partial charge on any atom is 0.255 e. The van der Waals surface area contributed by atoms with E-state index in [0.717, 1.165) is 24.4 Å². The number of imidazole rings is 1. The molecule has 1 atom stereocenters. The monoisotopic (exact) mass is 371 g/mol. The Bertz CT molecular complexity index is 1010. The molecule has 1 aliphatic rings. The predicted molar refractivity (Wildman–Crippen MR) is 105 cm³/mol. The highest BCUT2D eigenvalue weighted by Gasteiger charge is 2.29. The zero-order chi connectivity index (χ0) is 19.3. The van der Waals surface area contributed by atoms with E-state index in [1.165, 1.54) is 0 Å². The Kier molecular flexibility index (Phi) is 5.16. The van der Waals surface area contributed by atoms with Crippen molar-refractivity contribution >= 4 is 5.91 Å². The van der Waals surface area contributed by atoms with Gasteiger partial charge in [0, 0.05) is 37.6 Å². The second kappa shape index (κ2) is 8.05. The number of carbonyl (C=O) groups is 1. The van der Waals surface area contributed by atoms with Gasteiger partial charge in [-0.15, -0.1) is 0 Å². The van der Waals surface area contributed by atoms with E-state index < -0.39 is 0 Å². The summed E-state index contributed by atoms with van der Waals surface area (Å²) >= 11 is 0. The summed E-state index contributed by atoms with van der Waals surface area (Å²) in [5, 5.41) is 9.30. The van der Waals surface area contributed by atoms with Crippen LogP contribution in [0.3, 0.4) is 0 Å². The zero-order valence-electron chi connectivity index (χ0n) is 15.5. The number of benzene rings is 1. The van der Waals surface area contributed by atoms with Crippen molar-refractivity contribution in [3.05, 3.63) is 83.7 Å². The van der Waals surface area contributed by atoms with Crippen molar-refractivity contribution in [1.29, 1.82) is 5.26 Å². The molecular weight excluding hydrogens is 350 g/mol. The number of rotatable bonds is 4. The summed E-state index contributed by atoms with van der Waals surface area (Å²) in [6.45, 7) is 1.98. The van der Waals surface area contributed by atoms with Crippen molar-refractivity contribution in [2.24, 2.45) is 0 Å². The fourth-order valence-corrected chi connectivity index (χ4v) is 3.79. The van der Waals surface area contributed by atoms with E-state index in [0.29, 0.717) is 30.8 Å². The van der Waals surface area contributed by atoms with Crippen molar-refractivity contribution in [3.8, 4) is 6.07 Å². The first kappa shape index (κ1) is 17.9. The fourth-order valence-electron chi connectivity index (χ4n) is 3.79. The summed E-state index contributed by atoms with van der Waals surface area (Å²) in [5.41, 5.74) is 1.88. The highest BCUT2D eigenvalue weighted by molar-refractivity contribution is 5.96. The van der Waals surface area contributed by atoms with E-state index in [1.807, 2.05) is 35.5 Å². The van der Waals surface area contributed by atoms with Crippen LogP contribution in [0.2, 0.25) is 0 Å². The van der Waals surface area contributed by atoms with E-state index in [1.54, 1.807) is 30.5 Å². The van der Waals surface area contributed by atoms with Gasteiger partial charge < -0.3 is 9.47 Å². The van der Waals surface area contributed by atoms with Gasteiger partial charge in [0.1, 0.15) is 5.82 Å². The summed E-state index contributed by atoms with van der Waals surface area (Å²) < 4.78 is 2.12. The minimum absolute atomic E-state index is 0.0790. The zero-order valence-corrected chi connectivity index (χ0v) is 15.5. The molecule has 1 aliphatic heterocycles. The lowest BCUT2D eigenvalue weighted by Crippen LogP contribution is -2.40. The van der Waals surface area contributed by atoms with E-state index >= 15 is 0 Å². The van der Waals surface area contributed by atoms with Gasteiger partial charge in [0.15, 0.2) is 0 Å². The average molecular weight is 371 g/mol. The Hall–Kier alpha value is -3.46. The normalized spacial score (nSPS) is 16.5. The van der Waals surface area contributed by atoms with Gasteiger partial charge in [-0.25, -0.2) is 4.98 Å². The quantitative estimate of drug-likeness (QED) is 0.706. The third kappa shape index (κ3) is 3.65. The van der Waals surface area contributed by atoms with Crippen LogP contribution >= 0.6 is 0 Å². The lowest BCUT2D eigenvalue weighted by molar-refractivity contribution is 0.0703. The van der Waals surface area contributed by atoms with Crippen LogP contribution in [0.1, 0.15) is 46.2 Å². The van der Waals surface area contributed by atoms with Crippen molar-refractivity contribution in [1.82, 2.24) is 19.4 Å². The second-order valence-corrected chi connectivity index (χ2v) is 6.98. The van der Waals surface area contributed by atoms with Crippen LogP contribution in [0.25, 0.3) is 0 Å². The number of aromatic nitrogens is 3. The number of piperidine rings is 1. The molecule has 0 N–H and O–H groups in total. The molecule has 1 aromatic carbocycles. The van der Waals surface area contributed by atoms with Gasteiger partial charge in [0.05, 0.1) is 29.4 Å². The van der Waals surface area contributed by atoms with Gasteiger partial charge in [0.2, 0.25) is 0 Å². The number of nitriles is 1. The Morgan fingerprint density at radius 3 is 2.82 bits per heavy atom. The van der Waals surface area contributed by atoms with Crippen LogP contribution in [0.5, 0.6) is 0 Å². The SMILES string of the molecule is N#Cc1ccccc1C(=O)N1CCCC(c2nccn2Cc2ccccn2)C1. The van der Waals surface area contributed by atoms with Crippen LogP contribution < -0.4 is 0 Å². The third-order valence-electron chi connectivity index (χ3n) is 5.16. The maximum absolute atomic E-state index is 13.0. The first-order valence-corrected chi connectivity index (χ1v) is 9.45. The average Bonchev–Trinajstić information content (AvgIpc) is 3.22. The Morgan fingerprint density at radius 2 is 2.00 bits per heavy atom. The molecule has 0 aliphatic carbocycles. The number of likely N-dealkylation sites (tertiary alicyclic amines) is 1. The van der Waals surface area contributed by atoms with Crippen molar-refractivity contribution in [2.45, 2.75) is 25.3 Å². The first-order chi connectivity index (χ1) is 13.8. The third-order valence-corrected chi connectivity index (χ3v) is 5.16. The molecule has 2 aromatic heterocycles. The van der Waals surface area contributed by atoms with Crippen LogP contribution in [-0.2, 0) is 6.54 Å². The topological polar surface area (TPSA) is 74.8 Å². The molecule has 1 saturated heterocycles. The standard InChI is InChI=1S/C22H21N5O/c23-14-17-6-1-2-9-20(17)22(28)27-12-5-7-18(15-27)21-25-11-13-26(21)16-19-8-3-4-10-24-19/h1-4,6,8-11,13,18H,5,7,12,15-16H2. The number of nitrogens with zero attached hydrogens (tertiary/aromatic N) is 5. The Labute approximate surface area is 164 Å². The second-order valence-electron chi connectivity index (χ2n) is 6.98. The molecule has 0 spiro atoms. The summed E-state index contributed by atoms with van der Waals surface area (Å²) in [7, 11) is 0. The molecule has 0 radical (unpaired) electrons. The molecule has 4 rings (SSSR count). The molecule has 1 fully saturated rings. The van der Waals surface area contributed by atoms with Gasteiger partial charge >= 0.3 is 0 Å². The molecule has 0 bridgehead atoms. The Morgan fingerprint density at radius 1 is 1.14 bits per heavy atom. The van der Waals surface area contributed by atoms with E-state index in [4.69, 9.17) is 0 Å². The highest BCUT2D eigenvalue weighted by atomic mass is 16.2. The van der Waals surface area contributed by atoms with Crippen LogP contribution in [0.15, 0.2) is 61.1 Å². The smallest absolute Gasteiger partial charge is 0.255 e. The fraction of sp³-hybridized carbons (Fsp3) is 0.273. The molecule has 6 heteroatoms. The summed E-state index contributed by atoms with van der Waals surface area (Å²) in [4.78, 5) is 23.8. The minimum Gasteiger partial charge on any atom is -0.338 e. The highest BCUT2D eigenvalue weighted by Crippen LogP contribution is 2.27. The van der Waals surface area contributed by atoms with E-state index in [9.17, 15) is 10.1 Å². The van der Waals surface area contributed by atoms with Crippen LogP contribution in [0, 0.1) is 11.3 Å². The summed E-state index contributed by atoms with van der Waals surface area (Å²) in [6, 6.07) is 15.0. The van der Waals surface area contributed by atoms with Gasteiger partial charge in [-0.3, -0.25) is 9.78 Å². The molecule has 1 amide bonds. The molecule has 3 heterocycles. The number of pyridine rings is 1. The summed E-state index contributed by atoms with van der Waals surface area (Å²) in [5.74, 6) is 1.08. The van der Waals surface area contributed by atoms with Crippen molar-refractivity contribution < 1.29 is 4.79 Å². The van der Waals surface area contributed by atoms with Crippen molar-refractivity contribution in [3.63, 3.8) is 0 Å². The van der Waals surface area contributed by atoms with Gasteiger partial charge in [-0.2, -0.15) is 5.26 Å². The van der Waals surface area contributed by atoms with E-state index in [2.05, 4.69) is 20.6 Å². The molecule has 28 heavy (non-hydrogen) atoms. The van der Waals surface area contributed by atoms with Gasteiger partial charge in [-0.05, 0) is 37.1 Å². The molecular formula is C22H21N5O. The first-order valence-electron chi connectivity index (χ1n) is 9.45. The number of hydrogen-bond acceptors (Lipinski definition) is 4. The maximum atomic E-state index is 13.0. The van der Waals surface area contributed by atoms with Gasteiger partial charge in [-0.1, -0.05) is 18.2 Å². The molecule has 6 nitrogen and oxygen atoms in total. The predicted octanol–water partition coefficient (Wildman–Crippen LogP) is 3.22. The minimum atomic E-state index is -0.0790. The lowest BCUT2D eigenvalue weighted by atomic mass is 9.96. The number of amides is 1.